The fourth-order valence-corrected chi connectivity index (χ4v) is 3.44. The first-order valence-electron chi connectivity index (χ1n) is 5.55. The van der Waals surface area contributed by atoms with E-state index in [1.165, 1.54) is 18.2 Å². The summed E-state index contributed by atoms with van der Waals surface area (Å²) in [5.74, 6) is 5.94. The van der Waals surface area contributed by atoms with Crippen molar-refractivity contribution in [2.75, 3.05) is 18.7 Å². The topological polar surface area (TPSA) is 85.0 Å². The zero-order valence-corrected chi connectivity index (χ0v) is 12.1. The number of rotatable bonds is 3. The molecule has 1 aliphatic rings. The van der Waals surface area contributed by atoms with Gasteiger partial charge in [-0.2, -0.15) is 8.42 Å². The number of benzene rings is 1. The summed E-state index contributed by atoms with van der Waals surface area (Å²) in [6.45, 7) is 2.11. The van der Waals surface area contributed by atoms with Gasteiger partial charge in [0.05, 0.1) is 12.3 Å². The molecule has 2 N–H and O–H groups in total. The second-order valence-corrected chi connectivity index (χ2v) is 6.27. The maximum atomic E-state index is 12.1. The van der Waals surface area contributed by atoms with Crippen LogP contribution in [-0.4, -0.2) is 28.0 Å². The minimum absolute atomic E-state index is 0.0101. The smallest absolute Gasteiger partial charge is 0.286 e. The Morgan fingerprint density at radius 1 is 1.53 bits per heavy atom. The van der Waals surface area contributed by atoms with E-state index >= 15 is 0 Å². The van der Waals surface area contributed by atoms with Crippen LogP contribution in [0.2, 0.25) is 5.02 Å². The molecule has 1 unspecified atom stereocenters. The number of halogens is 1. The Morgan fingerprint density at radius 3 is 2.84 bits per heavy atom. The van der Waals surface area contributed by atoms with Gasteiger partial charge in [0.1, 0.15) is 10.7 Å². The van der Waals surface area contributed by atoms with E-state index in [1.807, 2.05) is 0 Å². The molecule has 6 nitrogen and oxygen atoms in total. The Hall–Kier alpha value is -1.15. The highest BCUT2D eigenvalue weighted by Crippen LogP contribution is 2.33. The molecule has 2 rings (SSSR count). The number of nitrogens with zero attached hydrogens (tertiary/aromatic N) is 2. The van der Waals surface area contributed by atoms with E-state index in [2.05, 4.69) is 4.40 Å². The van der Waals surface area contributed by atoms with Crippen LogP contribution in [-0.2, 0) is 14.8 Å². The second-order valence-electron chi connectivity index (χ2n) is 4.26. The summed E-state index contributed by atoms with van der Waals surface area (Å²) < 4.78 is 33.0. The number of ether oxygens (including phenoxy) is 1. The Bertz CT molecular complexity index is 630. The number of hydrogen-bond donors (Lipinski definition) is 1. The van der Waals surface area contributed by atoms with Crippen LogP contribution < -0.4 is 10.9 Å². The normalized spacial score (nSPS) is 18.7. The highest BCUT2D eigenvalue weighted by molar-refractivity contribution is 7.90. The second kappa shape index (κ2) is 5.09. The fraction of sp³-hybridized carbons (Fsp3) is 0.364. The summed E-state index contributed by atoms with van der Waals surface area (Å²) in [6, 6.07) is 4.48. The van der Waals surface area contributed by atoms with Crippen LogP contribution >= 0.6 is 11.6 Å². The summed E-state index contributed by atoms with van der Waals surface area (Å²) in [6.07, 6.45) is 0. The SMILES string of the molecule is COCC(C)C1=NS(=O)(=O)c2cc(Cl)ccc2N1N. The molecule has 1 heterocycles. The Balaban J connectivity index is 2.55. The Kier molecular flexibility index (Phi) is 3.82. The van der Waals surface area contributed by atoms with Crippen molar-refractivity contribution in [2.24, 2.45) is 16.2 Å². The molecule has 0 bridgehead atoms. The van der Waals surface area contributed by atoms with Crippen LogP contribution in [0.25, 0.3) is 0 Å². The molecule has 0 spiro atoms. The molecular formula is C11H14ClN3O3S. The first-order chi connectivity index (χ1) is 8.86. The van der Waals surface area contributed by atoms with Gasteiger partial charge in [-0.3, -0.25) is 5.01 Å². The monoisotopic (exact) mass is 303 g/mol. The molecule has 1 atom stereocenters. The summed E-state index contributed by atoms with van der Waals surface area (Å²) in [5, 5.41) is 1.58. The number of hydrogen-bond acceptors (Lipinski definition) is 5. The highest BCUT2D eigenvalue weighted by atomic mass is 35.5. The molecule has 0 fully saturated rings. The number of fused-ring (bicyclic) bond motifs is 1. The van der Waals surface area contributed by atoms with Gasteiger partial charge in [0, 0.05) is 18.1 Å². The van der Waals surface area contributed by atoms with Crippen LogP contribution in [0.15, 0.2) is 27.5 Å². The lowest BCUT2D eigenvalue weighted by atomic mass is 10.1. The van der Waals surface area contributed by atoms with E-state index in [1.54, 1.807) is 19.1 Å². The largest absolute Gasteiger partial charge is 0.384 e. The summed E-state index contributed by atoms with van der Waals surface area (Å²) in [7, 11) is -2.25. The van der Waals surface area contributed by atoms with E-state index in [9.17, 15) is 8.42 Å². The number of sulfonamides is 1. The lowest BCUT2D eigenvalue weighted by Crippen LogP contribution is -2.45. The van der Waals surface area contributed by atoms with Gasteiger partial charge in [-0.15, -0.1) is 4.40 Å². The molecule has 1 aliphatic heterocycles. The number of hydrazine groups is 1. The van der Waals surface area contributed by atoms with Gasteiger partial charge in [0.25, 0.3) is 10.0 Å². The molecule has 0 saturated heterocycles. The van der Waals surface area contributed by atoms with Crippen molar-refractivity contribution < 1.29 is 13.2 Å². The third kappa shape index (κ3) is 2.59. The van der Waals surface area contributed by atoms with Gasteiger partial charge >= 0.3 is 0 Å². The van der Waals surface area contributed by atoms with Crippen LogP contribution in [0.5, 0.6) is 0 Å². The third-order valence-electron chi connectivity index (χ3n) is 2.78. The quantitative estimate of drug-likeness (QED) is 0.853. The molecule has 104 valence electrons. The standard InChI is InChI=1S/C11H14ClN3O3S/c1-7(6-18-2)11-14-19(16,17)10-5-8(12)3-4-9(10)15(11)13/h3-5,7H,6,13H2,1-2H3. The van der Waals surface area contributed by atoms with Crippen molar-refractivity contribution in [3.63, 3.8) is 0 Å². The van der Waals surface area contributed by atoms with Gasteiger partial charge in [0.2, 0.25) is 0 Å². The van der Waals surface area contributed by atoms with Gasteiger partial charge in [0.15, 0.2) is 0 Å². The summed E-state index contributed by atoms with van der Waals surface area (Å²) >= 11 is 5.81. The highest BCUT2D eigenvalue weighted by Gasteiger charge is 2.32. The van der Waals surface area contributed by atoms with Crippen LogP contribution in [0.1, 0.15) is 6.92 Å². The average molecular weight is 304 g/mol. The molecule has 0 aromatic heterocycles. The van der Waals surface area contributed by atoms with Gasteiger partial charge in [-0.05, 0) is 18.2 Å². The van der Waals surface area contributed by atoms with E-state index in [0.29, 0.717) is 17.3 Å². The van der Waals surface area contributed by atoms with Crippen LogP contribution in [0.3, 0.4) is 0 Å². The molecule has 8 heteroatoms. The lowest BCUT2D eigenvalue weighted by molar-refractivity contribution is 0.181. The summed E-state index contributed by atoms with van der Waals surface area (Å²) in [4.78, 5) is 0.0101. The first-order valence-corrected chi connectivity index (χ1v) is 7.37. The molecule has 19 heavy (non-hydrogen) atoms. The van der Waals surface area contributed by atoms with Crippen LogP contribution in [0.4, 0.5) is 5.69 Å². The lowest BCUT2D eigenvalue weighted by Gasteiger charge is -2.29. The molecule has 1 aromatic carbocycles. The van der Waals surface area contributed by atoms with Crippen molar-refractivity contribution >= 4 is 33.1 Å². The number of methoxy groups -OCH3 is 1. The van der Waals surface area contributed by atoms with Crippen LogP contribution in [0, 0.1) is 5.92 Å². The van der Waals surface area contributed by atoms with Crippen molar-refractivity contribution in [2.45, 2.75) is 11.8 Å². The molecule has 1 aromatic rings. The van der Waals surface area contributed by atoms with Crippen molar-refractivity contribution in [3.05, 3.63) is 23.2 Å². The maximum absolute atomic E-state index is 12.1. The maximum Gasteiger partial charge on any atom is 0.286 e. The molecule has 0 radical (unpaired) electrons. The predicted molar refractivity (Wildman–Crippen MR) is 73.8 cm³/mol. The zero-order chi connectivity index (χ0) is 14.2. The van der Waals surface area contributed by atoms with E-state index in [0.717, 1.165) is 0 Å². The van der Waals surface area contributed by atoms with E-state index in [-0.39, 0.29) is 16.6 Å². The Labute approximate surface area is 116 Å². The number of nitrogens with two attached hydrogens (primary N) is 1. The fourth-order valence-electron chi connectivity index (χ4n) is 1.89. The molecule has 0 aliphatic carbocycles. The third-order valence-corrected chi connectivity index (χ3v) is 4.32. The minimum atomic E-state index is -3.78. The van der Waals surface area contributed by atoms with Crippen molar-refractivity contribution in [3.8, 4) is 0 Å². The van der Waals surface area contributed by atoms with E-state index < -0.39 is 10.0 Å². The van der Waals surface area contributed by atoms with Gasteiger partial charge in [-0.1, -0.05) is 18.5 Å². The molecular weight excluding hydrogens is 290 g/mol. The average Bonchev–Trinajstić information content (AvgIpc) is 2.34. The predicted octanol–water partition coefficient (Wildman–Crippen LogP) is 1.40. The molecule has 0 amide bonds. The number of anilines is 1. The zero-order valence-electron chi connectivity index (χ0n) is 10.5. The first kappa shape index (κ1) is 14.3. The number of amidine groups is 1. The molecule has 0 saturated carbocycles. The van der Waals surface area contributed by atoms with Crippen molar-refractivity contribution in [1.82, 2.24) is 0 Å². The van der Waals surface area contributed by atoms with E-state index in [4.69, 9.17) is 22.2 Å². The Morgan fingerprint density at radius 2 is 2.21 bits per heavy atom. The summed E-state index contributed by atoms with van der Waals surface area (Å²) in [5.41, 5.74) is 0.359. The van der Waals surface area contributed by atoms with Gasteiger partial charge < -0.3 is 4.74 Å². The van der Waals surface area contributed by atoms with Gasteiger partial charge in [-0.25, -0.2) is 5.84 Å². The van der Waals surface area contributed by atoms with Crippen molar-refractivity contribution in [1.29, 1.82) is 0 Å². The minimum Gasteiger partial charge on any atom is -0.384 e.